The van der Waals surface area contributed by atoms with Gasteiger partial charge < -0.3 is 10.1 Å². The van der Waals surface area contributed by atoms with Crippen molar-refractivity contribution < 1.29 is 9.53 Å². The number of amides is 1. The minimum absolute atomic E-state index is 0.0577. The van der Waals surface area contributed by atoms with Crippen LogP contribution in [0.25, 0.3) is 16.6 Å². The van der Waals surface area contributed by atoms with Gasteiger partial charge in [-0.2, -0.15) is 10.2 Å². The van der Waals surface area contributed by atoms with Crippen molar-refractivity contribution in [3.05, 3.63) is 52.6 Å². The van der Waals surface area contributed by atoms with Gasteiger partial charge in [-0.3, -0.25) is 9.59 Å². The number of nitrogens with one attached hydrogen (secondary N) is 1. The summed E-state index contributed by atoms with van der Waals surface area (Å²) in [6, 6.07) is 9.42. The van der Waals surface area contributed by atoms with Crippen molar-refractivity contribution in [2.75, 3.05) is 13.2 Å². The predicted octanol–water partition coefficient (Wildman–Crippen LogP) is 1.19. The topological polar surface area (TPSA) is 91.0 Å². The second-order valence-electron chi connectivity index (χ2n) is 6.64. The first kappa shape index (κ1) is 17.4. The van der Waals surface area contributed by atoms with Crippen LogP contribution in [-0.2, 0) is 16.1 Å². The summed E-state index contributed by atoms with van der Waals surface area (Å²) in [4.78, 5) is 25.2. The summed E-state index contributed by atoms with van der Waals surface area (Å²) in [7, 11) is 0. The lowest BCUT2D eigenvalue weighted by molar-refractivity contribution is -0.122. The van der Waals surface area contributed by atoms with Gasteiger partial charge in [-0.25, -0.2) is 9.36 Å². The third-order valence-electron chi connectivity index (χ3n) is 4.71. The third-order valence-corrected chi connectivity index (χ3v) is 4.71. The van der Waals surface area contributed by atoms with E-state index in [2.05, 4.69) is 15.5 Å². The molecule has 0 saturated carbocycles. The van der Waals surface area contributed by atoms with Crippen LogP contribution in [-0.4, -0.2) is 44.7 Å². The zero-order chi connectivity index (χ0) is 18.8. The number of benzene rings is 1. The molecule has 3 aromatic rings. The van der Waals surface area contributed by atoms with Crippen molar-refractivity contribution in [3.8, 4) is 5.69 Å². The second-order valence-corrected chi connectivity index (χ2v) is 6.64. The Morgan fingerprint density at radius 1 is 1.33 bits per heavy atom. The van der Waals surface area contributed by atoms with Gasteiger partial charge in [0.25, 0.3) is 5.56 Å². The first-order valence-electron chi connectivity index (χ1n) is 9.02. The maximum Gasteiger partial charge on any atom is 0.293 e. The Labute approximate surface area is 155 Å². The van der Waals surface area contributed by atoms with E-state index in [9.17, 15) is 9.59 Å². The van der Waals surface area contributed by atoms with Crippen molar-refractivity contribution in [2.24, 2.45) is 0 Å². The second kappa shape index (κ2) is 7.32. The summed E-state index contributed by atoms with van der Waals surface area (Å²) in [6.45, 7) is 2.86. The highest BCUT2D eigenvalue weighted by Gasteiger charge is 2.18. The number of carbonyl (C=O) groups is 1. The monoisotopic (exact) mass is 367 g/mol. The molecule has 1 aliphatic rings. The van der Waals surface area contributed by atoms with E-state index in [-0.39, 0.29) is 24.1 Å². The molecule has 1 saturated heterocycles. The molecular weight excluding hydrogens is 346 g/mol. The summed E-state index contributed by atoms with van der Waals surface area (Å²) in [5.74, 6) is -0.260. The Kier molecular flexibility index (Phi) is 4.72. The van der Waals surface area contributed by atoms with Gasteiger partial charge in [0.05, 0.1) is 23.7 Å². The number of nitrogens with zero attached hydrogens (tertiary/aromatic N) is 4. The fourth-order valence-electron chi connectivity index (χ4n) is 3.32. The van der Waals surface area contributed by atoms with E-state index in [1.54, 1.807) is 17.8 Å². The maximum absolute atomic E-state index is 13.0. The van der Waals surface area contributed by atoms with E-state index in [4.69, 9.17) is 4.74 Å². The van der Waals surface area contributed by atoms with Crippen LogP contribution in [0.4, 0.5) is 0 Å². The molecule has 0 bridgehead atoms. The molecule has 1 N–H and O–H groups in total. The van der Waals surface area contributed by atoms with E-state index in [1.807, 2.05) is 30.3 Å². The summed E-state index contributed by atoms with van der Waals surface area (Å²) in [6.07, 6.45) is 3.65. The van der Waals surface area contributed by atoms with Gasteiger partial charge in [0, 0.05) is 18.5 Å². The first-order valence-corrected chi connectivity index (χ1v) is 9.02. The molecule has 1 fully saturated rings. The van der Waals surface area contributed by atoms with Crippen LogP contribution in [0.15, 0.2) is 41.3 Å². The normalized spacial score (nSPS) is 16.7. The van der Waals surface area contributed by atoms with Crippen molar-refractivity contribution in [1.82, 2.24) is 24.9 Å². The molecule has 1 amide bonds. The minimum Gasteiger partial charge on any atom is -0.376 e. The molecule has 0 radical (unpaired) electrons. The van der Waals surface area contributed by atoms with Crippen LogP contribution in [0.3, 0.4) is 0 Å². The molecule has 0 spiro atoms. The lowest BCUT2D eigenvalue weighted by atomic mass is 10.2. The van der Waals surface area contributed by atoms with Crippen molar-refractivity contribution in [1.29, 1.82) is 0 Å². The number of fused-ring (bicyclic) bond motifs is 1. The fourth-order valence-corrected chi connectivity index (χ4v) is 3.32. The van der Waals surface area contributed by atoms with Crippen molar-refractivity contribution in [2.45, 2.75) is 32.4 Å². The number of hydrogen-bond acceptors (Lipinski definition) is 5. The van der Waals surface area contributed by atoms with Gasteiger partial charge in [0.2, 0.25) is 5.91 Å². The molecule has 8 heteroatoms. The van der Waals surface area contributed by atoms with Gasteiger partial charge in [-0.05, 0) is 31.9 Å². The Balaban J connectivity index is 1.62. The highest BCUT2D eigenvalue weighted by Crippen LogP contribution is 2.16. The predicted molar refractivity (Wildman–Crippen MR) is 99.8 cm³/mol. The molecule has 1 aliphatic heterocycles. The Morgan fingerprint density at radius 2 is 2.15 bits per heavy atom. The van der Waals surface area contributed by atoms with Crippen LogP contribution in [0.1, 0.15) is 18.5 Å². The van der Waals surface area contributed by atoms with Gasteiger partial charge >= 0.3 is 0 Å². The average Bonchev–Trinajstić information content (AvgIpc) is 3.35. The van der Waals surface area contributed by atoms with Gasteiger partial charge in [0.15, 0.2) is 0 Å². The molecular formula is C19H21N5O3. The zero-order valence-corrected chi connectivity index (χ0v) is 15.1. The Bertz CT molecular complexity index is 1020. The summed E-state index contributed by atoms with van der Waals surface area (Å²) < 4.78 is 8.29. The Hall–Kier alpha value is -3.00. The summed E-state index contributed by atoms with van der Waals surface area (Å²) >= 11 is 0. The third kappa shape index (κ3) is 3.48. The molecule has 1 unspecified atom stereocenters. The molecule has 0 aliphatic carbocycles. The van der Waals surface area contributed by atoms with E-state index in [1.165, 1.54) is 4.68 Å². The maximum atomic E-state index is 13.0. The van der Waals surface area contributed by atoms with Gasteiger partial charge in [-0.15, -0.1) is 0 Å². The average molecular weight is 367 g/mol. The highest BCUT2D eigenvalue weighted by molar-refractivity contribution is 5.82. The highest BCUT2D eigenvalue weighted by atomic mass is 16.5. The number of aryl methyl sites for hydroxylation is 1. The first-order chi connectivity index (χ1) is 13.1. The number of carbonyl (C=O) groups excluding carboxylic acids is 1. The largest absolute Gasteiger partial charge is 0.376 e. The standard InChI is InChI=1S/C19H21N5O3/c1-13-16-11-21-24(14-6-3-2-4-7-14)18(16)19(26)23(22-13)12-17(25)20-10-15-8-5-9-27-15/h2-4,6-7,11,15H,5,8-10,12H2,1H3,(H,20,25). The Morgan fingerprint density at radius 3 is 2.89 bits per heavy atom. The zero-order valence-electron chi connectivity index (χ0n) is 15.1. The molecule has 2 aromatic heterocycles. The minimum atomic E-state index is -0.343. The molecule has 27 heavy (non-hydrogen) atoms. The molecule has 140 valence electrons. The number of para-hydroxylation sites is 1. The van der Waals surface area contributed by atoms with Gasteiger partial charge in [0.1, 0.15) is 12.1 Å². The lowest BCUT2D eigenvalue weighted by Crippen LogP contribution is -2.37. The van der Waals surface area contributed by atoms with Crippen molar-refractivity contribution >= 4 is 16.8 Å². The molecule has 4 rings (SSSR count). The van der Waals surface area contributed by atoms with E-state index in [0.717, 1.165) is 25.1 Å². The SMILES string of the molecule is Cc1nn(CC(=O)NCC2CCCO2)c(=O)c2c1cnn2-c1ccccc1. The van der Waals surface area contributed by atoms with Crippen LogP contribution < -0.4 is 10.9 Å². The number of ether oxygens (including phenoxy) is 1. The molecule has 3 heterocycles. The van der Waals surface area contributed by atoms with Crippen LogP contribution in [0.2, 0.25) is 0 Å². The quantitative estimate of drug-likeness (QED) is 0.731. The van der Waals surface area contributed by atoms with Gasteiger partial charge in [-0.1, -0.05) is 18.2 Å². The number of rotatable bonds is 5. The van der Waals surface area contributed by atoms with E-state index < -0.39 is 0 Å². The van der Waals surface area contributed by atoms with Crippen LogP contribution >= 0.6 is 0 Å². The summed E-state index contributed by atoms with van der Waals surface area (Å²) in [5.41, 5.74) is 1.51. The van der Waals surface area contributed by atoms with Crippen LogP contribution in [0.5, 0.6) is 0 Å². The van der Waals surface area contributed by atoms with E-state index >= 15 is 0 Å². The number of aromatic nitrogens is 4. The van der Waals surface area contributed by atoms with Crippen molar-refractivity contribution in [3.63, 3.8) is 0 Å². The lowest BCUT2D eigenvalue weighted by Gasteiger charge is -2.12. The van der Waals surface area contributed by atoms with E-state index in [0.29, 0.717) is 23.1 Å². The summed E-state index contributed by atoms with van der Waals surface area (Å²) in [5, 5.41) is 12.1. The molecule has 8 nitrogen and oxygen atoms in total. The molecule has 1 atom stereocenters. The smallest absolute Gasteiger partial charge is 0.293 e. The van der Waals surface area contributed by atoms with Crippen LogP contribution in [0, 0.1) is 6.92 Å². The fraction of sp³-hybridized carbons (Fsp3) is 0.368. The number of hydrogen-bond donors (Lipinski definition) is 1. The molecule has 1 aromatic carbocycles.